The lowest BCUT2D eigenvalue weighted by atomic mass is 9.77. The maximum atomic E-state index is 13.5. The van der Waals surface area contributed by atoms with E-state index in [4.69, 9.17) is 18.9 Å². The van der Waals surface area contributed by atoms with Crippen LogP contribution in [0.3, 0.4) is 0 Å². The average Bonchev–Trinajstić information content (AvgIpc) is 3.35. The molecule has 9 heteroatoms. The van der Waals surface area contributed by atoms with Crippen LogP contribution in [0, 0.1) is 0 Å². The maximum Gasteiger partial charge on any atom is 0.335 e. The quantitative estimate of drug-likeness (QED) is 0.274. The molecule has 2 N–H and O–H groups in total. The van der Waals surface area contributed by atoms with E-state index in [0.717, 1.165) is 6.08 Å². The summed E-state index contributed by atoms with van der Waals surface area (Å²) in [5.41, 5.74) is -3.88. The summed E-state index contributed by atoms with van der Waals surface area (Å²) in [5, 5.41) is 21.9. The van der Waals surface area contributed by atoms with Crippen molar-refractivity contribution >= 4 is 17.5 Å². The highest BCUT2D eigenvalue weighted by Crippen LogP contribution is 2.46. The molecule has 2 aromatic rings. The van der Waals surface area contributed by atoms with E-state index in [2.05, 4.69) is 6.58 Å². The highest BCUT2D eigenvalue weighted by Gasteiger charge is 2.71. The molecule has 2 aliphatic heterocycles. The van der Waals surface area contributed by atoms with Gasteiger partial charge in [0.25, 0.3) is 0 Å². The third kappa shape index (κ3) is 3.65. The van der Waals surface area contributed by atoms with Crippen molar-refractivity contribution in [3.05, 3.63) is 72.3 Å². The molecule has 4 atom stereocenters. The van der Waals surface area contributed by atoms with Crippen LogP contribution in [-0.2, 0) is 14.3 Å². The Hall–Kier alpha value is -3.37. The summed E-state index contributed by atoms with van der Waals surface area (Å²) in [6.45, 7) is 2.47. The number of carbonyl (C=O) groups excluding carboxylic acids is 3. The first-order valence-corrected chi connectivity index (χ1v) is 10.1. The summed E-state index contributed by atoms with van der Waals surface area (Å²) < 4.78 is 21.3. The highest BCUT2D eigenvalue weighted by molar-refractivity contribution is 6.08. The summed E-state index contributed by atoms with van der Waals surface area (Å²) >= 11 is 0. The molecule has 172 valence electrons. The summed E-state index contributed by atoms with van der Waals surface area (Å²) in [4.78, 5) is 38.0. The van der Waals surface area contributed by atoms with Crippen LogP contribution in [0.2, 0.25) is 0 Å². The van der Waals surface area contributed by atoms with Crippen LogP contribution in [0.1, 0.15) is 20.7 Å². The number of ether oxygens (including phenoxy) is 4. The molecule has 0 saturated carbocycles. The molecular formula is C24H22O9. The Morgan fingerprint density at radius 3 is 2.18 bits per heavy atom. The second-order valence-corrected chi connectivity index (χ2v) is 7.77. The SMILES string of the molecule is C=CC(=O)Oc1ccc(C(=O)[C@]23OC[C@](O)(C(=O)c4ccc(OC)cc4)[C@H]2OC[C@@H]3O)cc1. The van der Waals surface area contributed by atoms with Crippen molar-refractivity contribution in [2.45, 2.75) is 23.4 Å². The van der Waals surface area contributed by atoms with Crippen molar-refractivity contribution in [3.8, 4) is 11.5 Å². The first-order chi connectivity index (χ1) is 15.8. The van der Waals surface area contributed by atoms with Gasteiger partial charge in [-0.1, -0.05) is 6.58 Å². The van der Waals surface area contributed by atoms with Gasteiger partial charge in [-0.15, -0.1) is 0 Å². The van der Waals surface area contributed by atoms with Crippen LogP contribution in [0.5, 0.6) is 11.5 Å². The number of aliphatic hydroxyl groups excluding tert-OH is 1. The summed E-state index contributed by atoms with van der Waals surface area (Å²) in [5.74, 6) is -1.32. The molecule has 0 unspecified atom stereocenters. The van der Waals surface area contributed by atoms with E-state index >= 15 is 0 Å². The molecule has 33 heavy (non-hydrogen) atoms. The smallest absolute Gasteiger partial charge is 0.335 e. The monoisotopic (exact) mass is 454 g/mol. The lowest BCUT2D eigenvalue weighted by molar-refractivity contribution is -0.128. The van der Waals surface area contributed by atoms with Crippen molar-refractivity contribution in [1.82, 2.24) is 0 Å². The van der Waals surface area contributed by atoms with Gasteiger partial charge >= 0.3 is 5.97 Å². The van der Waals surface area contributed by atoms with Gasteiger partial charge in [0, 0.05) is 17.2 Å². The van der Waals surface area contributed by atoms with Gasteiger partial charge in [-0.2, -0.15) is 0 Å². The van der Waals surface area contributed by atoms with Crippen LogP contribution in [-0.4, -0.2) is 71.5 Å². The van der Waals surface area contributed by atoms with E-state index in [-0.39, 0.29) is 23.5 Å². The fourth-order valence-electron chi connectivity index (χ4n) is 4.15. The van der Waals surface area contributed by atoms with Gasteiger partial charge in [-0.05, 0) is 48.5 Å². The average molecular weight is 454 g/mol. The van der Waals surface area contributed by atoms with E-state index in [1.165, 1.54) is 43.5 Å². The number of esters is 1. The number of ketones is 2. The number of carbonyl (C=O) groups is 3. The van der Waals surface area contributed by atoms with E-state index in [0.29, 0.717) is 5.75 Å². The van der Waals surface area contributed by atoms with Gasteiger partial charge in [0.1, 0.15) is 23.7 Å². The van der Waals surface area contributed by atoms with Crippen molar-refractivity contribution < 1.29 is 43.5 Å². The van der Waals surface area contributed by atoms with Crippen LogP contribution >= 0.6 is 0 Å². The first kappa shape index (κ1) is 22.8. The lowest BCUT2D eigenvalue weighted by Crippen LogP contribution is -2.59. The Kier molecular flexibility index (Phi) is 5.89. The third-order valence-corrected chi connectivity index (χ3v) is 5.87. The summed E-state index contributed by atoms with van der Waals surface area (Å²) in [6.07, 6.45) is -1.84. The predicted molar refractivity (Wildman–Crippen MR) is 113 cm³/mol. The first-order valence-electron chi connectivity index (χ1n) is 10.1. The van der Waals surface area contributed by atoms with Crippen molar-refractivity contribution in [2.75, 3.05) is 20.3 Å². The molecule has 0 radical (unpaired) electrons. The van der Waals surface area contributed by atoms with Gasteiger partial charge < -0.3 is 29.2 Å². The topological polar surface area (TPSA) is 129 Å². The summed E-state index contributed by atoms with van der Waals surface area (Å²) in [6, 6.07) is 11.7. The Morgan fingerprint density at radius 1 is 1.03 bits per heavy atom. The van der Waals surface area contributed by atoms with Crippen molar-refractivity contribution in [3.63, 3.8) is 0 Å². The summed E-state index contributed by atoms with van der Waals surface area (Å²) in [7, 11) is 1.48. The molecule has 2 saturated heterocycles. The van der Waals surface area contributed by atoms with Crippen LogP contribution in [0.25, 0.3) is 0 Å². The number of hydrogen-bond acceptors (Lipinski definition) is 9. The molecule has 2 heterocycles. The van der Waals surface area contributed by atoms with Crippen LogP contribution < -0.4 is 9.47 Å². The van der Waals surface area contributed by atoms with Crippen molar-refractivity contribution in [1.29, 1.82) is 0 Å². The minimum absolute atomic E-state index is 0.115. The predicted octanol–water partition coefficient (Wildman–Crippen LogP) is 1.11. The molecule has 4 rings (SSSR count). The van der Waals surface area contributed by atoms with Gasteiger partial charge in [-0.3, -0.25) is 9.59 Å². The van der Waals surface area contributed by atoms with Crippen LogP contribution in [0.4, 0.5) is 0 Å². The molecule has 0 spiro atoms. The maximum absolute atomic E-state index is 13.5. The number of Topliss-reactive ketones (excluding diaryl/α,β-unsaturated/α-hetero) is 2. The molecule has 0 aliphatic carbocycles. The zero-order valence-corrected chi connectivity index (χ0v) is 17.7. The van der Waals surface area contributed by atoms with Gasteiger partial charge in [-0.25, -0.2) is 4.79 Å². The van der Waals surface area contributed by atoms with E-state index in [1.807, 2.05) is 0 Å². The zero-order valence-electron chi connectivity index (χ0n) is 17.7. The molecule has 0 aromatic heterocycles. The van der Waals surface area contributed by atoms with E-state index in [9.17, 15) is 24.6 Å². The molecule has 9 nitrogen and oxygen atoms in total. The number of aliphatic hydroxyl groups is 2. The Bertz CT molecular complexity index is 1090. The number of benzene rings is 2. The Morgan fingerprint density at radius 2 is 1.61 bits per heavy atom. The second kappa shape index (κ2) is 8.53. The number of methoxy groups -OCH3 is 1. The molecule has 2 aliphatic rings. The fourth-order valence-corrected chi connectivity index (χ4v) is 4.15. The minimum atomic E-state index is -2.19. The normalized spacial score (nSPS) is 28.1. The van der Waals surface area contributed by atoms with Gasteiger partial charge in [0.15, 0.2) is 22.8 Å². The van der Waals surface area contributed by atoms with Crippen molar-refractivity contribution in [2.24, 2.45) is 0 Å². The third-order valence-electron chi connectivity index (χ3n) is 5.87. The van der Waals surface area contributed by atoms with E-state index in [1.54, 1.807) is 12.1 Å². The Labute approximate surface area is 189 Å². The zero-order chi connectivity index (χ0) is 23.8. The standard InChI is InChI=1S/C24H22O9/c1-3-19(26)33-17-10-6-15(7-11-17)21(28)24-18(25)12-31-22(24)23(29,13-32-24)20(27)14-4-8-16(30-2)9-5-14/h3-11,18,22,25,29H,1,12-13H2,2H3/t18-,22+,23-,24-/m0/s1. The second-order valence-electron chi connectivity index (χ2n) is 7.77. The van der Waals surface area contributed by atoms with E-state index < -0.39 is 47.6 Å². The lowest BCUT2D eigenvalue weighted by Gasteiger charge is -2.31. The molecule has 0 bridgehead atoms. The van der Waals surface area contributed by atoms with Gasteiger partial charge in [0.2, 0.25) is 0 Å². The molecule has 2 fully saturated rings. The minimum Gasteiger partial charge on any atom is -0.497 e. The molecule has 0 amide bonds. The van der Waals surface area contributed by atoms with Gasteiger partial charge in [0.05, 0.1) is 20.3 Å². The Balaban J connectivity index is 1.63. The van der Waals surface area contributed by atoms with Crippen LogP contribution in [0.15, 0.2) is 61.2 Å². The molecule has 2 aromatic carbocycles. The highest BCUT2D eigenvalue weighted by atomic mass is 16.6. The largest absolute Gasteiger partial charge is 0.497 e. The molecular weight excluding hydrogens is 432 g/mol. The number of rotatable bonds is 7. The fraction of sp³-hybridized carbons (Fsp3) is 0.292. The number of hydrogen-bond donors (Lipinski definition) is 2. The number of fused-ring (bicyclic) bond motifs is 1.